The van der Waals surface area contributed by atoms with E-state index in [0.29, 0.717) is 11.8 Å². The topological polar surface area (TPSA) is 8.17 Å². The van der Waals surface area contributed by atoms with Gasteiger partial charge in [-0.1, -0.05) is 129 Å². The second-order valence-electron chi connectivity index (χ2n) is 18.6. The van der Waals surface area contributed by atoms with Gasteiger partial charge in [-0.3, -0.25) is 0 Å². The predicted octanol–water partition coefficient (Wildman–Crippen LogP) is 14.3. The van der Waals surface area contributed by atoms with E-state index >= 15 is 0 Å². The molecular formula is C55H46N2. The van der Waals surface area contributed by atoms with Crippen molar-refractivity contribution in [2.24, 2.45) is 23.7 Å². The predicted molar refractivity (Wildman–Crippen MR) is 236 cm³/mol. The first-order valence-electron chi connectivity index (χ1n) is 21.4. The van der Waals surface area contributed by atoms with E-state index in [1.165, 1.54) is 110 Å². The number of anilines is 3. The number of hydrogen-bond donors (Lipinski definition) is 0. The zero-order valence-electron chi connectivity index (χ0n) is 32.8. The van der Waals surface area contributed by atoms with Gasteiger partial charge in [0, 0.05) is 38.5 Å². The van der Waals surface area contributed by atoms with Crippen LogP contribution in [0.15, 0.2) is 158 Å². The van der Waals surface area contributed by atoms with Crippen LogP contribution in [0.2, 0.25) is 0 Å². The number of aromatic nitrogens is 1. The largest absolute Gasteiger partial charge is 0.310 e. The molecule has 2 heterocycles. The molecule has 14 rings (SSSR count). The van der Waals surface area contributed by atoms with Gasteiger partial charge in [0.15, 0.2) is 0 Å². The summed E-state index contributed by atoms with van der Waals surface area (Å²) in [5, 5.41) is 2.71. The van der Waals surface area contributed by atoms with Gasteiger partial charge in [0.05, 0.1) is 22.4 Å². The summed E-state index contributed by atoms with van der Waals surface area (Å²) in [6.45, 7) is 4.81. The van der Waals surface area contributed by atoms with Gasteiger partial charge >= 0.3 is 0 Å². The van der Waals surface area contributed by atoms with Gasteiger partial charge in [0.25, 0.3) is 0 Å². The maximum atomic E-state index is 2.69. The average Bonchev–Trinajstić information content (AvgIpc) is 3.70. The summed E-state index contributed by atoms with van der Waals surface area (Å²) in [7, 11) is 0. The van der Waals surface area contributed by atoms with E-state index in [0.717, 1.165) is 11.8 Å². The first kappa shape index (κ1) is 32.2. The second kappa shape index (κ2) is 11.4. The van der Waals surface area contributed by atoms with Crippen LogP contribution in [0.4, 0.5) is 17.1 Å². The lowest BCUT2D eigenvalue weighted by Gasteiger charge is -2.63. The Balaban J connectivity index is 1.14. The Morgan fingerprint density at radius 1 is 0.491 bits per heavy atom. The average molecular weight is 735 g/mol. The maximum absolute atomic E-state index is 2.69. The van der Waals surface area contributed by atoms with Crippen molar-refractivity contribution in [1.82, 2.24) is 4.57 Å². The lowest BCUT2D eigenvalue weighted by Crippen LogP contribution is -2.57. The van der Waals surface area contributed by atoms with Gasteiger partial charge in [-0.25, -0.2) is 0 Å². The molecule has 0 atom stereocenters. The number of benzene rings is 7. The molecule has 276 valence electrons. The summed E-state index contributed by atoms with van der Waals surface area (Å²) in [5.41, 5.74) is 18.9. The van der Waals surface area contributed by atoms with Crippen molar-refractivity contribution in [3.63, 3.8) is 0 Å². The van der Waals surface area contributed by atoms with Crippen LogP contribution in [0.3, 0.4) is 0 Å². The highest BCUT2D eigenvalue weighted by Gasteiger charge is 2.61. The molecule has 5 aliphatic carbocycles. The van der Waals surface area contributed by atoms with Gasteiger partial charge in [0.2, 0.25) is 0 Å². The third-order valence-electron chi connectivity index (χ3n) is 15.5. The number of rotatable bonds is 4. The Morgan fingerprint density at radius 2 is 1.12 bits per heavy atom. The Bertz CT molecular complexity index is 2930. The normalized spacial score (nSPS) is 24.2. The molecule has 0 N–H and O–H groups in total. The van der Waals surface area contributed by atoms with Crippen LogP contribution in [0.25, 0.3) is 49.7 Å². The number of fused-ring (bicyclic) bond motifs is 8. The van der Waals surface area contributed by atoms with Crippen LogP contribution in [-0.2, 0) is 10.8 Å². The highest BCUT2D eigenvalue weighted by atomic mass is 15.1. The summed E-state index contributed by atoms with van der Waals surface area (Å²) in [6, 6.07) is 60.4. The monoisotopic (exact) mass is 734 g/mol. The Kier molecular flexibility index (Phi) is 6.44. The van der Waals surface area contributed by atoms with Crippen LogP contribution in [0, 0.1) is 23.7 Å². The van der Waals surface area contributed by atoms with Crippen LogP contribution in [0.1, 0.15) is 68.2 Å². The van der Waals surface area contributed by atoms with Crippen molar-refractivity contribution >= 4 is 38.9 Å². The van der Waals surface area contributed by atoms with E-state index in [1.807, 2.05) is 0 Å². The summed E-state index contributed by atoms with van der Waals surface area (Å²) in [6.07, 6.45) is 6.87. The first-order chi connectivity index (χ1) is 28.0. The molecule has 7 aromatic carbocycles. The lowest BCUT2D eigenvalue weighted by molar-refractivity contribution is -0.0418. The zero-order valence-corrected chi connectivity index (χ0v) is 32.8. The molecule has 1 aliphatic heterocycles. The molecule has 6 aliphatic rings. The standard InChI is InChI=1S/C55H46N2/c1-54(2)46-19-9-6-17-42(46)43-25-24-39(32-48(43)54)56(50-21-11-7-16-41(50)36-14-4-3-5-15-36)40-31-45-44-18-8-12-22-51(44)57-52-23-13-10-20-47(52)55(49(33-40)53(45)57)37-27-34-26-35(29-37)30-38(55)28-34/h3-25,31-35,37-38H,26-30H2,1-2H3. The third kappa shape index (κ3) is 4.16. The van der Waals surface area contributed by atoms with E-state index in [-0.39, 0.29) is 10.8 Å². The quantitative estimate of drug-likeness (QED) is 0.175. The molecule has 1 aromatic heterocycles. The summed E-state index contributed by atoms with van der Waals surface area (Å²) < 4.78 is 2.65. The molecule has 0 amide bonds. The van der Waals surface area contributed by atoms with E-state index in [2.05, 4.69) is 181 Å². The molecular weight excluding hydrogens is 689 g/mol. The van der Waals surface area contributed by atoms with Crippen molar-refractivity contribution in [2.75, 3.05) is 4.90 Å². The van der Waals surface area contributed by atoms with Crippen molar-refractivity contribution < 1.29 is 0 Å². The summed E-state index contributed by atoms with van der Waals surface area (Å²) in [5.74, 6) is 3.07. The molecule has 4 bridgehead atoms. The first-order valence-corrected chi connectivity index (χ1v) is 21.4. The molecule has 8 aromatic rings. The second-order valence-corrected chi connectivity index (χ2v) is 18.6. The van der Waals surface area contributed by atoms with E-state index < -0.39 is 0 Å². The van der Waals surface area contributed by atoms with Crippen LogP contribution in [-0.4, -0.2) is 4.57 Å². The highest BCUT2D eigenvalue weighted by molar-refractivity contribution is 6.13. The summed E-state index contributed by atoms with van der Waals surface area (Å²) in [4.78, 5) is 2.62. The van der Waals surface area contributed by atoms with Gasteiger partial charge in [-0.05, 0) is 137 Å². The van der Waals surface area contributed by atoms with Crippen molar-refractivity contribution in [1.29, 1.82) is 0 Å². The molecule has 4 fully saturated rings. The van der Waals surface area contributed by atoms with Gasteiger partial charge in [0.1, 0.15) is 0 Å². The smallest absolute Gasteiger partial charge is 0.0584 e. The van der Waals surface area contributed by atoms with Crippen molar-refractivity contribution in [3.8, 4) is 27.9 Å². The van der Waals surface area contributed by atoms with Crippen molar-refractivity contribution in [2.45, 2.75) is 56.8 Å². The van der Waals surface area contributed by atoms with E-state index in [4.69, 9.17) is 0 Å². The molecule has 0 radical (unpaired) electrons. The minimum absolute atomic E-state index is 0.00512. The molecule has 0 saturated heterocycles. The minimum atomic E-state index is -0.107. The van der Waals surface area contributed by atoms with Gasteiger partial charge in [-0.15, -0.1) is 0 Å². The fraction of sp³-hybridized carbons (Fsp3) is 0.236. The molecule has 57 heavy (non-hydrogen) atoms. The maximum Gasteiger partial charge on any atom is 0.0584 e. The van der Waals surface area contributed by atoms with Crippen LogP contribution < -0.4 is 4.90 Å². The Morgan fingerprint density at radius 3 is 1.93 bits per heavy atom. The highest BCUT2D eigenvalue weighted by Crippen LogP contribution is 2.68. The molecule has 1 spiro atoms. The number of nitrogens with zero attached hydrogens (tertiary/aromatic N) is 2. The number of para-hydroxylation sites is 3. The Labute approximate surface area is 335 Å². The van der Waals surface area contributed by atoms with Crippen LogP contribution in [0.5, 0.6) is 0 Å². The van der Waals surface area contributed by atoms with Crippen molar-refractivity contribution in [3.05, 3.63) is 180 Å². The number of hydrogen-bond acceptors (Lipinski definition) is 1. The van der Waals surface area contributed by atoms with E-state index in [9.17, 15) is 0 Å². The summed E-state index contributed by atoms with van der Waals surface area (Å²) >= 11 is 0. The third-order valence-corrected chi connectivity index (χ3v) is 15.5. The van der Waals surface area contributed by atoms with Gasteiger partial charge in [-0.2, -0.15) is 0 Å². The fourth-order valence-corrected chi connectivity index (χ4v) is 13.5. The lowest BCUT2D eigenvalue weighted by atomic mass is 9.41. The Hall–Kier alpha value is -5.86. The van der Waals surface area contributed by atoms with Gasteiger partial charge < -0.3 is 9.47 Å². The molecule has 0 unspecified atom stereocenters. The molecule has 4 saturated carbocycles. The zero-order chi connectivity index (χ0) is 37.6. The fourth-order valence-electron chi connectivity index (χ4n) is 13.5. The minimum Gasteiger partial charge on any atom is -0.310 e. The van der Waals surface area contributed by atoms with Crippen LogP contribution >= 0.6 is 0 Å². The SMILES string of the molecule is CC1(C)c2ccccc2-c2ccc(N(c3cc4c5c(c3)c3ccccc3n5-c3ccccc3C43C4CC5CC(C4)CC3C5)c3ccccc3-c3ccccc3)cc21. The molecule has 2 nitrogen and oxygen atoms in total. The van der Waals surface area contributed by atoms with E-state index in [1.54, 1.807) is 11.1 Å². The molecule has 2 heteroatoms.